The third kappa shape index (κ3) is 4.11. The first-order valence-electron chi connectivity index (χ1n) is 9.99. The Bertz CT molecular complexity index is 869. The number of carbonyl (C=O) groups is 1. The summed E-state index contributed by atoms with van der Waals surface area (Å²) in [5.41, 5.74) is 5.37. The molecule has 4 nitrogen and oxygen atoms in total. The Morgan fingerprint density at radius 1 is 1.25 bits per heavy atom. The van der Waals surface area contributed by atoms with Gasteiger partial charge in [0.05, 0.1) is 18.4 Å². The van der Waals surface area contributed by atoms with Crippen molar-refractivity contribution in [2.24, 2.45) is 4.99 Å². The van der Waals surface area contributed by atoms with E-state index >= 15 is 0 Å². The third-order valence-corrected chi connectivity index (χ3v) is 5.51. The number of hydrogen-bond acceptors (Lipinski definition) is 4. The topological polar surface area (TPSA) is 41.9 Å². The van der Waals surface area contributed by atoms with Gasteiger partial charge in [0.1, 0.15) is 0 Å². The lowest BCUT2D eigenvalue weighted by molar-refractivity contribution is 0.0601. The molecule has 2 aromatic carbocycles. The minimum absolute atomic E-state index is 0.180. The van der Waals surface area contributed by atoms with Gasteiger partial charge in [-0.05, 0) is 80.1 Å². The lowest BCUT2D eigenvalue weighted by Crippen LogP contribution is -2.48. The van der Waals surface area contributed by atoms with Crippen LogP contribution in [0.15, 0.2) is 47.5 Å². The Balaban J connectivity index is 1.84. The zero-order chi connectivity index (χ0) is 20.3. The van der Waals surface area contributed by atoms with Crippen LogP contribution in [0.4, 0.5) is 11.4 Å². The molecular weight excluding hydrogens is 348 g/mol. The maximum absolute atomic E-state index is 11.5. The van der Waals surface area contributed by atoms with Gasteiger partial charge in [0, 0.05) is 24.0 Å². The van der Waals surface area contributed by atoms with Crippen LogP contribution in [0.1, 0.15) is 67.9 Å². The molecular formula is C24H30N2O2. The third-order valence-electron chi connectivity index (χ3n) is 5.51. The zero-order valence-electron chi connectivity index (χ0n) is 17.5. The van der Waals surface area contributed by atoms with Gasteiger partial charge in [0.2, 0.25) is 0 Å². The van der Waals surface area contributed by atoms with Crippen LogP contribution in [-0.2, 0) is 4.74 Å². The standard InChI is InChI=1S/C24H30N2O2/c1-6-13-26-22-12-7-18(14-21(22)17(2)15-24(26,3)4)16-25-20-10-8-19(9-11-20)23(27)28-5/h7-12,14,16-17H,6,13,15H2,1-5H3. The molecule has 0 saturated carbocycles. The van der Waals surface area contributed by atoms with E-state index < -0.39 is 0 Å². The van der Waals surface area contributed by atoms with E-state index in [1.807, 2.05) is 18.3 Å². The van der Waals surface area contributed by atoms with E-state index in [0.717, 1.165) is 30.6 Å². The van der Waals surface area contributed by atoms with Crippen molar-refractivity contribution in [2.75, 3.05) is 18.6 Å². The number of carbonyl (C=O) groups excluding carboxylic acids is 1. The van der Waals surface area contributed by atoms with E-state index in [-0.39, 0.29) is 11.5 Å². The summed E-state index contributed by atoms with van der Waals surface area (Å²) in [6.45, 7) is 10.3. The number of ether oxygens (including phenoxy) is 1. The van der Waals surface area contributed by atoms with Crippen molar-refractivity contribution in [1.82, 2.24) is 0 Å². The second kappa shape index (κ2) is 8.17. The second-order valence-corrected chi connectivity index (χ2v) is 8.18. The van der Waals surface area contributed by atoms with Crippen LogP contribution in [0, 0.1) is 0 Å². The van der Waals surface area contributed by atoms with E-state index in [1.54, 1.807) is 12.1 Å². The van der Waals surface area contributed by atoms with Crippen molar-refractivity contribution >= 4 is 23.6 Å². The van der Waals surface area contributed by atoms with Gasteiger partial charge in [-0.3, -0.25) is 4.99 Å². The van der Waals surface area contributed by atoms with Gasteiger partial charge >= 0.3 is 5.97 Å². The molecule has 0 spiro atoms. The SMILES string of the molecule is CCCN1c2ccc(C=Nc3ccc(C(=O)OC)cc3)cc2C(C)CC1(C)C. The van der Waals surface area contributed by atoms with Crippen molar-refractivity contribution < 1.29 is 9.53 Å². The summed E-state index contributed by atoms with van der Waals surface area (Å²) in [4.78, 5) is 18.6. The highest BCUT2D eigenvalue weighted by Crippen LogP contribution is 2.43. The molecule has 2 aromatic rings. The molecule has 0 N–H and O–H groups in total. The molecule has 4 heteroatoms. The lowest BCUT2D eigenvalue weighted by atomic mass is 9.79. The Morgan fingerprint density at radius 3 is 2.61 bits per heavy atom. The van der Waals surface area contributed by atoms with Gasteiger partial charge in [-0.15, -0.1) is 0 Å². The fourth-order valence-electron chi connectivity index (χ4n) is 4.19. The summed E-state index contributed by atoms with van der Waals surface area (Å²) in [5, 5.41) is 0. The normalized spacial score (nSPS) is 18.2. The first-order chi connectivity index (χ1) is 13.4. The number of benzene rings is 2. The minimum atomic E-state index is -0.334. The average molecular weight is 379 g/mol. The molecule has 0 aliphatic carbocycles. The molecule has 148 valence electrons. The van der Waals surface area contributed by atoms with Crippen LogP contribution in [-0.4, -0.2) is 31.4 Å². The molecule has 0 bridgehead atoms. The quantitative estimate of drug-likeness (QED) is 0.493. The molecule has 1 atom stereocenters. The van der Waals surface area contributed by atoms with E-state index in [9.17, 15) is 4.79 Å². The number of aliphatic imine (C=N–C) groups is 1. The van der Waals surface area contributed by atoms with Crippen LogP contribution in [0.5, 0.6) is 0 Å². The predicted octanol–water partition coefficient (Wildman–Crippen LogP) is 5.73. The number of methoxy groups -OCH3 is 1. The largest absolute Gasteiger partial charge is 0.465 e. The molecule has 0 amide bonds. The smallest absolute Gasteiger partial charge is 0.337 e. The first-order valence-corrected chi connectivity index (χ1v) is 9.99. The number of nitrogens with zero attached hydrogens (tertiary/aromatic N) is 2. The van der Waals surface area contributed by atoms with Gasteiger partial charge in [-0.25, -0.2) is 4.79 Å². The van der Waals surface area contributed by atoms with Crippen LogP contribution >= 0.6 is 0 Å². The summed E-state index contributed by atoms with van der Waals surface area (Å²) in [6.07, 6.45) is 4.18. The Morgan fingerprint density at radius 2 is 1.96 bits per heavy atom. The van der Waals surface area contributed by atoms with E-state index in [4.69, 9.17) is 4.74 Å². The molecule has 1 aliphatic rings. The summed E-state index contributed by atoms with van der Waals surface area (Å²) in [5.74, 6) is 0.185. The minimum Gasteiger partial charge on any atom is -0.465 e. The highest BCUT2D eigenvalue weighted by Gasteiger charge is 2.35. The molecule has 1 unspecified atom stereocenters. The zero-order valence-corrected chi connectivity index (χ0v) is 17.5. The fourth-order valence-corrected chi connectivity index (χ4v) is 4.19. The van der Waals surface area contributed by atoms with Crippen LogP contribution in [0.3, 0.4) is 0 Å². The van der Waals surface area contributed by atoms with Crippen molar-refractivity contribution in [3.05, 3.63) is 59.2 Å². The molecule has 0 radical (unpaired) electrons. The maximum Gasteiger partial charge on any atom is 0.337 e. The molecule has 3 rings (SSSR count). The number of fused-ring (bicyclic) bond motifs is 1. The van der Waals surface area contributed by atoms with Gasteiger partial charge < -0.3 is 9.64 Å². The predicted molar refractivity (Wildman–Crippen MR) is 116 cm³/mol. The molecule has 1 heterocycles. The lowest BCUT2D eigenvalue weighted by Gasteiger charge is -2.47. The fraction of sp³-hybridized carbons (Fsp3) is 0.417. The summed E-state index contributed by atoms with van der Waals surface area (Å²) >= 11 is 0. The average Bonchev–Trinajstić information content (AvgIpc) is 2.69. The van der Waals surface area contributed by atoms with Crippen LogP contribution in [0.25, 0.3) is 0 Å². The van der Waals surface area contributed by atoms with E-state index in [0.29, 0.717) is 11.5 Å². The van der Waals surface area contributed by atoms with Gasteiger partial charge in [-0.1, -0.05) is 19.9 Å². The first kappa shape index (κ1) is 20.1. The Kier molecular flexibility index (Phi) is 5.87. The maximum atomic E-state index is 11.5. The van der Waals surface area contributed by atoms with Crippen molar-refractivity contribution in [3.63, 3.8) is 0 Å². The van der Waals surface area contributed by atoms with Crippen molar-refractivity contribution in [1.29, 1.82) is 0 Å². The highest BCUT2D eigenvalue weighted by atomic mass is 16.5. The number of anilines is 1. The van der Waals surface area contributed by atoms with E-state index in [1.165, 1.54) is 18.4 Å². The highest BCUT2D eigenvalue weighted by molar-refractivity contribution is 5.90. The number of rotatable bonds is 5. The van der Waals surface area contributed by atoms with Gasteiger partial charge in [0.25, 0.3) is 0 Å². The monoisotopic (exact) mass is 378 g/mol. The molecule has 0 aromatic heterocycles. The summed E-state index contributed by atoms with van der Waals surface area (Å²) in [6, 6.07) is 13.8. The van der Waals surface area contributed by atoms with Gasteiger partial charge in [-0.2, -0.15) is 0 Å². The van der Waals surface area contributed by atoms with Gasteiger partial charge in [0.15, 0.2) is 0 Å². The summed E-state index contributed by atoms with van der Waals surface area (Å²) in [7, 11) is 1.38. The molecule has 0 saturated heterocycles. The Hall–Kier alpha value is -2.62. The number of hydrogen-bond donors (Lipinski definition) is 0. The van der Waals surface area contributed by atoms with Crippen LogP contribution in [0.2, 0.25) is 0 Å². The Labute approximate surface area is 168 Å². The summed E-state index contributed by atoms with van der Waals surface area (Å²) < 4.78 is 4.73. The molecule has 0 fully saturated rings. The molecule has 1 aliphatic heterocycles. The van der Waals surface area contributed by atoms with Crippen molar-refractivity contribution in [2.45, 2.75) is 52.0 Å². The molecule has 28 heavy (non-hydrogen) atoms. The van der Waals surface area contributed by atoms with E-state index in [2.05, 4.69) is 55.8 Å². The van der Waals surface area contributed by atoms with Crippen LogP contribution < -0.4 is 4.90 Å². The second-order valence-electron chi connectivity index (χ2n) is 8.18. The number of esters is 1. The van der Waals surface area contributed by atoms with Crippen molar-refractivity contribution in [3.8, 4) is 0 Å².